The number of aliphatic hydroxyl groups is 2. The van der Waals surface area contributed by atoms with Crippen LogP contribution in [0.15, 0.2) is 23.0 Å². The molecule has 1 aliphatic heterocycles. The lowest BCUT2D eigenvalue weighted by Gasteiger charge is -2.55. The second-order valence-corrected chi connectivity index (χ2v) is 6.34. The molecule has 0 aromatic carbocycles. The molecule has 0 aromatic heterocycles. The number of hydrogen-bond acceptors (Lipinski definition) is 4. The third-order valence-electron chi connectivity index (χ3n) is 5.54. The van der Waals surface area contributed by atoms with Crippen LogP contribution in [0.4, 0.5) is 0 Å². The summed E-state index contributed by atoms with van der Waals surface area (Å²) < 4.78 is 5.17. The molecule has 2 aliphatic carbocycles. The van der Waals surface area contributed by atoms with Gasteiger partial charge in [0.1, 0.15) is 5.76 Å². The number of esters is 1. The van der Waals surface area contributed by atoms with E-state index < -0.39 is 23.1 Å². The number of aliphatic hydroxyl groups excluding tert-OH is 1. The Hall–Kier alpha value is -1.13. The molecule has 1 heterocycles. The number of carbonyl (C=O) groups excluding carboxylic acids is 1. The zero-order valence-electron chi connectivity index (χ0n) is 11.6. The van der Waals surface area contributed by atoms with Gasteiger partial charge in [-0.3, -0.25) is 0 Å². The summed E-state index contributed by atoms with van der Waals surface area (Å²) in [6, 6.07) is 0. The highest BCUT2D eigenvalue weighted by molar-refractivity contribution is 5.94. The fourth-order valence-electron chi connectivity index (χ4n) is 3.90. The van der Waals surface area contributed by atoms with Gasteiger partial charge >= 0.3 is 5.97 Å². The van der Waals surface area contributed by atoms with E-state index in [4.69, 9.17) is 4.74 Å². The SMILES string of the molecule is CC1=C2C(=C[C@@]3(O)CCC[C@H](C)[C@@]3(C)[C@@H]2O)OC1=O. The Morgan fingerprint density at radius 2 is 2.16 bits per heavy atom. The summed E-state index contributed by atoms with van der Waals surface area (Å²) in [4.78, 5) is 11.7. The molecule has 4 heteroatoms. The Kier molecular flexibility index (Phi) is 2.51. The zero-order valence-corrected chi connectivity index (χ0v) is 11.6. The topological polar surface area (TPSA) is 66.8 Å². The molecular weight excluding hydrogens is 244 g/mol. The summed E-state index contributed by atoms with van der Waals surface area (Å²) in [6.07, 6.45) is 3.27. The Balaban J connectivity index is 2.22. The number of rotatable bonds is 0. The maximum atomic E-state index is 11.7. The minimum Gasteiger partial charge on any atom is -0.423 e. The van der Waals surface area contributed by atoms with Gasteiger partial charge in [0.2, 0.25) is 0 Å². The van der Waals surface area contributed by atoms with Crippen LogP contribution >= 0.6 is 0 Å². The Bertz CT molecular complexity index is 518. The second kappa shape index (κ2) is 3.70. The number of ether oxygens (including phenoxy) is 1. The number of carbonyl (C=O) groups is 1. The molecular formula is C15H20O4. The van der Waals surface area contributed by atoms with Crippen molar-refractivity contribution < 1.29 is 19.7 Å². The van der Waals surface area contributed by atoms with Gasteiger partial charge in [0.25, 0.3) is 0 Å². The largest absolute Gasteiger partial charge is 0.423 e. The van der Waals surface area contributed by atoms with Gasteiger partial charge in [-0.1, -0.05) is 13.8 Å². The van der Waals surface area contributed by atoms with E-state index >= 15 is 0 Å². The quantitative estimate of drug-likeness (QED) is 0.653. The van der Waals surface area contributed by atoms with Crippen molar-refractivity contribution in [3.63, 3.8) is 0 Å². The van der Waals surface area contributed by atoms with Gasteiger partial charge in [-0.2, -0.15) is 0 Å². The maximum Gasteiger partial charge on any atom is 0.339 e. The predicted octanol–water partition coefficient (Wildman–Crippen LogP) is 1.68. The molecule has 2 N–H and O–H groups in total. The van der Waals surface area contributed by atoms with Crippen molar-refractivity contribution in [2.75, 3.05) is 0 Å². The molecule has 1 fully saturated rings. The molecule has 104 valence electrons. The molecule has 0 unspecified atom stereocenters. The normalized spacial score (nSPS) is 45.5. The van der Waals surface area contributed by atoms with Crippen molar-refractivity contribution in [2.24, 2.45) is 11.3 Å². The van der Waals surface area contributed by atoms with Crippen LogP contribution in [0.2, 0.25) is 0 Å². The highest BCUT2D eigenvalue weighted by Gasteiger charge is 2.60. The van der Waals surface area contributed by atoms with Crippen LogP contribution < -0.4 is 0 Å². The molecule has 0 aromatic rings. The van der Waals surface area contributed by atoms with E-state index in [1.807, 2.05) is 6.92 Å². The fourth-order valence-corrected chi connectivity index (χ4v) is 3.90. The summed E-state index contributed by atoms with van der Waals surface area (Å²) >= 11 is 0. The van der Waals surface area contributed by atoms with Crippen molar-refractivity contribution in [1.82, 2.24) is 0 Å². The molecule has 4 atom stereocenters. The van der Waals surface area contributed by atoms with E-state index in [1.54, 1.807) is 13.0 Å². The smallest absolute Gasteiger partial charge is 0.339 e. The average molecular weight is 264 g/mol. The van der Waals surface area contributed by atoms with E-state index in [-0.39, 0.29) is 5.92 Å². The third kappa shape index (κ3) is 1.39. The van der Waals surface area contributed by atoms with Gasteiger partial charge in [-0.15, -0.1) is 0 Å². The summed E-state index contributed by atoms with van der Waals surface area (Å²) in [5.41, 5.74) is -0.752. The lowest BCUT2D eigenvalue weighted by Crippen LogP contribution is -2.60. The average Bonchev–Trinajstić information content (AvgIpc) is 2.60. The van der Waals surface area contributed by atoms with Crippen molar-refractivity contribution in [3.05, 3.63) is 23.0 Å². The van der Waals surface area contributed by atoms with Crippen molar-refractivity contribution in [1.29, 1.82) is 0 Å². The predicted molar refractivity (Wildman–Crippen MR) is 69.0 cm³/mol. The van der Waals surface area contributed by atoms with Gasteiger partial charge in [-0.25, -0.2) is 4.79 Å². The molecule has 0 saturated heterocycles. The zero-order chi connectivity index (χ0) is 14.0. The minimum absolute atomic E-state index is 0.176. The molecule has 19 heavy (non-hydrogen) atoms. The Labute approximate surface area is 112 Å². The fraction of sp³-hybridized carbons (Fsp3) is 0.667. The van der Waals surface area contributed by atoms with Gasteiger partial charge in [0, 0.05) is 16.6 Å². The van der Waals surface area contributed by atoms with Crippen LogP contribution in [0, 0.1) is 11.3 Å². The van der Waals surface area contributed by atoms with Crippen LogP contribution in [-0.4, -0.2) is 27.9 Å². The molecule has 0 amide bonds. The van der Waals surface area contributed by atoms with Crippen LogP contribution in [0.5, 0.6) is 0 Å². The molecule has 4 nitrogen and oxygen atoms in total. The molecule has 0 spiro atoms. The Morgan fingerprint density at radius 1 is 1.47 bits per heavy atom. The molecule has 3 aliphatic rings. The maximum absolute atomic E-state index is 11.7. The number of fused-ring (bicyclic) bond motifs is 2. The lowest BCUT2D eigenvalue weighted by atomic mass is 9.53. The molecule has 1 saturated carbocycles. The first-order valence-electron chi connectivity index (χ1n) is 6.88. The van der Waals surface area contributed by atoms with Crippen molar-refractivity contribution in [2.45, 2.75) is 51.7 Å². The van der Waals surface area contributed by atoms with E-state index in [0.29, 0.717) is 23.3 Å². The number of hydrogen-bond donors (Lipinski definition) is 2. The highest BCUT2D eigenvalue weighted by atomic mass is 16.5. The molecule has 0 radical (unpaired) electrons. The first-order chi connectivity index (χ1) is 8.81. The van der Waals surface area contributed by atoms with Crippen LogP contribution in [0.1, 0.15) is 40.0 Å². The van der Waals surface area contributed by atoms with Crippen LogP contribution in [0.25, 0.3) is 0 Å². The standard InChI is InChI=1S/C15H20O4/c1-8-5-4-6-15(18)7-10-11(9(2)13(17)19-10)12(16)14(8,15)3/h7-8,12,16,18H,4-6H2,1-3H3/t8-,12+,14-,15-/m0/s1. The van der Waals surface area contributed by atoms with Crippen molar-refractivity contribution >= 4 is 5.97 Å². The van der Waals surface area contributed by atoms with Gasteiger partial charge < -0.3 is 14.9 Å². The first kappa shape index (κ1) is 12.9. The monoisotopic (exact) mass is 264 g/mol. The lowest BCUT2D eigenvalue weighted by molar-refractivity contribution is -0.154. The van der Waals surface area contributed by atoms with Crippen LogP contribution in [-0.2, 0) is 9.53 Å². The van der Waals surface area contributed by atoms with Gasteiger partial charge in [-0.05, 0) is 38.2 Å². The first-order valence-corrected chi connectivity index (χ1v) is 6.88. The minimum atomic E-state index is -1.10. The molecule has 3 rings (SSSR count). The van der Waals surface area contributed by atoms with Crippen LogP contribution in [0.3, 0.4) is 0 Å². The van der Waals surface area contributed by atoms with Gasteiger partial charge in [0.15, 0.2) is 0 Å². The summed E-state index contributed by atoms with van der Waals surface area (Å²) in [5.74, 6) is 0.109. The highest BCUT2D eigenvalue weighted by Crippen LogP contribution is 2.57. The third-order valence-corrected chi connectivity index (χ3v) is 5.54. The van der Waals surface area contributed by atoms with E-state index in [2.05, 4.69) is 6.92 Å². The van der Waals surface area contributed by atoms with E-state index in [9.17, 15) is 15.0 Å². The second-order valence-electron chi connectivity index (χ2n) is 6.34. The summed E-state index contributed by atoms with van der Waals surface area (Å²) in [6.45, 7) is 5.64. The Morgan fingerprint density at radius 3 is 2.84 bits per heavy atom. The van der Waals surface area contributed by atoms with Gasteiger partial charge in [0.05, 0.1) is 11.7 Å². The summed E-state index contributed by atoms with van der Waals surface area (Å²) in [5, 5.41) is 21.7. The van der Waals surface area contributed by atoms with Crippen molar-refractivity contribution in [3.8, 4) is 0 Å². The molecule has 0 bridgehead atoms. The summed E-state index contributed by atoms with van der Waals surface area (Å²) in [7, 11) is 0. The van der Waals surface area contributed by atoms with E-state index in [1.165, 1.54) is 0 Å². The van der Waals surface area contributed by atoms with E-state index in [0.717, 1.165) is 12.8 Å².